The van der Waals surface area contributed by atoms with E-state index in [1.54, 1.807) is 0 Å². The maximum atomic E-state index is 13.6. The number of ether oxygens (including phenoxy) is 1. The highest BCUT2D eigenvalue weighted by atomic mass is 16.5. The number of anilines is 2. The molecule has 0 spiro atoms. The van der Waals surface area contributed by atoms with E-state index in [4.69, 9.17) is 4.74 Å². The third-order valence-corrected chi connectivity index (χ3v) is 5.35. The van der Waals surface area contributed by atoms with Gasteiger partial charge in [0.05, 0.1) is 17.4 Å². The van der Waals surface area contributed by atoms with Gasteiger partial charge in [0.1, 0.15) is 11.4 Å². The molecule has 33 heavy (non-hydrogen) atoms. The van der Waals surface area contributed by atoms with E-state index in [1.165, 1.54) is 4.90 Å². The second-order valence-electron chi connectivity index (χ2n) is 8.73. The molecule has 0 radical (unpaired) electrons. The minimum Gasteiger partial charge on any atom is -0.491 e. The maximum Gasteiger partial charge on any atom is 0.282 e. The lowest BCUT2D eigenvalue weighted by molar-refractivity contribution is -0.120. The third kappa shape index (κ3) is 4.67. The van der Waals surface area contributed by atoms with Crippen molar-refractivity contribution in [2.75, 3.05) is 10.2 Å². The standard InChI is InChI=1S/C28H28N2O3/c1-17(2)33-24-11-9-21(10-12-24)25-26(29-22-8-6-7-18(3)14-22)28(32)30(27(25)31)23-15-19(4)13-20(5)16-23/h6-17,29H,1-5H3. The number of carbonyl (C=O) groups excluding carboxylic acids is 2. The summed E-state index contributed by atoms with van der Waals surface area (Å²) in [5.41, 5.74) is 5.63. The molecule has 0 aliphatic carbocycles. The molecule has 1 aliphatic rings. The van der Waals surface area contributed by atoms with Gasteiger partial charge in [0.15, 0.2) is 0 Å². The maximum absolute atomic E-state index is 13.6. The number of benzene rings is 3. The first-order valence-electron chi connectivity index (χ1n) is 11.0. The number of imide groups is 1. The molecule has 0 bridgehead atoms. The van der Waals surface area contributed by atoms with Crippen LogP contribution in [-0.4, -0.2) is 17.9 Å². The molecule has 1 aliphatic heterocycles. The third-order valence-electron chi connectivity index (χ3n) is 5.35. The molecule has 3 aromatic rings. The first-order valence-corrected chi connectivity index (χ1v) is 11.0. The van der Waals surface area contributed by atoms with Crippen LogP contribution in [-0.2, 0) is 9.59 Å². The van der Waals surface area contributed by atoms with Gasteiger partial charge in [-0.15, -0.1) is 0 Å². The average Bonchev–Trinajstić information content (AvgIpc) is 2.97. The Kier molecular flexibility index (Phi) is 6.05. The summed E-state index contributed by atoms with van der Waals surface area (Å²) in [5.74, 6) is -0.00725. The molecule has 0 aromatic heterocycles. The second kappa shape index (κ2) is 8.94. The molecule has 0 unspecified atom stereocenters. The van der Waals surface area contributed by atoms with Crippen LogP contribution >= 0.6 is 0 Å². The molecule has 1 heterocycles. The van der Waals surface area contributed by atoms with Crippen molar-refractivity contribution in [3.8, 4) is 5.75 Å². The molecule has 3 aromatic carbocycles. The summed E-state index contributed by atoms with van der Waals surface area (Å²) in [5, 5.41) is 3.22. The highest BCUT2D eigenvalue weighted by Crippen LogP contribution is 2.35. The molecule has 168 valence electrons. The molecule has 5 nitrogen and oxygen atoms in total. The van der Waals surface area contributed by atoms with Gasteiger partial charge >= 0.3 is 0 Å². The number of carbonyl (C=O) groups is 2. The second-order valence-corrected chi connectivity index (χ2v) is 8.73. The molecule has 4 rings (SSSR count). The summed E-state index contributed by atoms with van der Waals surface area (Å²) >= 11 is 0. The summed E-state index contributed by atoms with van der Waals surface area (Å²) in [6.07, 6.45) is 0.0448. The Morgan fingerprint density at radius 2 is 1.45 bits per heavy atom. The highest BCUT2D eigenvalue weighted by molar-refractivity contribution is 6.46. The van der Waals surface area contributed by atoms with Crippen LogP contribution in [0.2, 0.25) is 0 Å². The van der Waals surface area contributed by atoms with E-state index < -0.39 is 0 Å². The monoisotopic (exact) mass is 440 g/mol. The Morgan fingerprint density at radius 3 is 2.06 bits per heavy atom. The fraction of sp³-hybridized carbons (Fsp3) is 0.214. The lowest BCUT2D eigenvalue weighted by Gasteiger charge is -2.17. The Balaban J connectivity index is 1.80. The van der Waals surface area contributed by atoms with Crippen LogP contribution in [0, 0.1) is 20.8 Å². The molecule has 0 saturated heterocycles. The molecule has 0 fully saturated rings. The van der Waals surface area contributed by atoms with Crippen molar-refractivity contribution in [3.05, 3.63) is 94.7 Å². The summed E-state index contributed by atoms with van der Waals surface area (Å²) in [7, 11) is 0. The van der Waals surface area contributed by atoms with Crippen molar-refractivity contribution in [3.63, 3.8) is 0 Å². The van der Waals surface area contributed by atoms with Gasteiger partial charge in [-0.05, 0) is 93.3 Å². The lowest BCUT2D eigenvalue weighted by atomic mass is 10.0. The number of hydrogen-bond acceptors (Lipinski definition) is 4. The number of rotatable bonds is 6. The number of hydrogen-bond donors (Lipinski definition) is 1. The van der Waals surface area contributed by atoms with Gasteiger partial charge in [-0.3, -0.25) is 9.59 Å². The Morgan fingerprint density at radius 1 is 0.788 bits per heavy atom. The summed E-state index contributed by atoms with van der Waals surface area (Å²) in [6.45, 7) is 9.81. The average molecular weight is 441 g/mol. The van der Waals surface area contributed by atoms with Crippen LogP contribution in [0.1, 0.15) is 36.1 Å². The van der Waals surface area contributed by atoms with Gasteiger partial charge in [0.25, 0.3) is 11.8 Å². The van der Waals surface area contributed by atoms with Crippen LogP contribution in [0.15, 0.2) is 72.4 Å². The van der Waals surface area contributed by atoms with Crippen molar-refractivity contribution < 1.29 is 14.3 Å². The molecular weight excluding hydrogens is 412 g/mol. The molecule has 0 saturated carbocycles. The predicted molar refractivity (Wildman–Crippen MR) is 132 cm³/mol. The first kappa shape index (κ1) is 22.3. The van der Waals surface area contributed by atoms with Gasteiger partial charge in [-0.25, -0.2) is 4.90 Å². The van der Waals surface area contributed by atoms with E-state index in [1.807, 2.05) is 101 Å². The lowest BCUT2D eigenvalue weighted by Crippen LogP contribution is -2.32. The molecular formula is C28H28N2O3. The van der Waals surface area contributed by atoms with E-state index in [2.05, 4.69) is 5.32 Å². The quantitative estimate of drug-likeness (QED) is 0.493. The van der Waals surface area contributed by atoms with Crippen LogP contribution in [0.5, 0.6) is 5.75 Å². The van der Waals surface area contributed by atoms with Crippen molar-refractivity contribution in [1.82, 2.24) is 0 Å². The highest BCUT2D eigenvalue weighted by Gasteiger charge is 2.40. The van der Waals surface area contributed by atoms with Crippen molar-refractivity contribution in [2.24, 2.45) is 0 Å². The van der Waals surface area contributed by atoms with Gasteiger partial charge in [-0.2, -0.15) is 0 Å². The van der Waals surface area contributed by atoms with Gasteiger partial charge < -0.3 is 10.1 Å². The molecule has 0 atom stereocenters. The number of nitrogens with zero attached hydrogens (tertiary/aromatic N) is 1. The van der Waals surface area contributed by atoms with E-state index in [0.29, 0.717) is 22.6 Å². The van der Waals surface area contributed by atoms with Crippen molar-refractivity contribution >= 4 is 28.8 Å². The largest absolute Gasteiger partial charge is 0.491 e. The summed E-state index contributed by atoms with van der Waals surface area (Å²) < 4.78 is 5.74. The Hall–Kier alpha value is -3.86. The van der Waals surface area contributed by atoms with E-state index in [0.717, 1.165) is 22.4 Å². The molecule has 2 amide bonds. The van der Waals surface area contributed by atoms with Gasteiger partial charge in [0.2, 0.25) is 0 Å². The minimum atomic E-state index is -0.371. The fourth-order valence-electron chi connectivity index (χ4n) is 4.07. The van der Waals surface area contributed by atoms with Crippen LogP contribution in [0.25, 0.3) is 5.57 Å². The van der Waals surface area contributed by atoms with Gasteiger partial charge in [0, 0.05) is 5.69 Å². The van der Waals surface area contributed by atoms with Crippen LogP contribution in [0.3, 0.4) is 0 Å². The minimum absolute atomic E-state index is 0.0448. The van der Waals surface area contributed by atoms with Gasteiger partial charge in [-0.1, -0.05) is 30.3 Å². The topological polar surface area (TPSA) is 58.6 Å². The first-order chi connectivity index (χ1) is 15.7. The zero-order chi connectivity index (χ0) is 23.7. The van der Waals surface area contributed by atoms with Crippen molar-refractivity contribution in [2.45, 2.75) is 40.7 Å². The van der Waals surface area contributed by atoms with E-state index in [9.17, 15) is 9.59 Å². The number of nitrogens with one attached hydrogen (secondary N) is 1. The van der Waals surface area contributed by atoms with E-state index in [-0.39, 0.29) is 23.6 Å². The summed E-state index contributed by atoms with van der Waals surface area (Å²) in [6, 6.07) is 20.7. The molecule has 1 N–H and O–H groups in total. The number of aryl methyl sites for hydroxylation is 3. The summed E-state index contributed by atoms with van der Waals surface area (Å²) in [4.78, 5) is 28.5. The Bertz CT molecular complexity index is 1240. The molecule has 5 heteroatoms. The fourth-order valence-corrected chi connectivity index (χ4v) is 4.07. The Labute approximate surface area is 194 Å². The van der Waals surface area contributed by atoms with Crippen molar-refractivity contribution in [1.29, 1.82) is 0 Å². The SMILES string of the molecule is Cc1cccc(NC2=C(c3ccc(OC(C)C)cc3)C(=O)N(c3cc(C)cc(C)c3)C2=O)c1. The smallest absolute Gasteiger partial charge is 0.282 e. The predicted octanol–water partition coefficient (Wildman–Crippen LogP) is 5.80. The van der Waals surface area contributed by atoms with Crippen LogP contribution < -0.4 is 15.0 Å². The normalized spacial score (nSPS) is 13.8. The van der Waals surface area contributed by atoms with Crippen LogP contribution in [0.4, 0.5) is 11.4 Å². The van der Waals surface area contributed by atoms with E-state index >= 15 is 0 Å². The number of amides is 2. The zero-order valence-electron chi connectivity index (χ0n) is 19.6. The zero-order valence-corrected chi connectivity index (χ0v) is 19.6.